The molecule has 5 nitrogen and oxygen atoms in total. The highest BCUT2D eigenvalue weighted by atomic mass is 19.1. The van der Waals surface area contributed by atoms with Crippen molar-refractivity contribution in [2.24, 2.45) is 0 Å². The van der Waals surface area contributed by atoms with Crippen LogP contribution in [0.5, 0.6) is 5.88 Å². The summed E-state index contributed by atoms with van der Waals surface area (Å²) >= 11 is 0. The summed E-state index contributed by atoms with van der Waals surface area (Å²) in [6, 6.07) is 5.54. The van der Waals surface area contributed by atoms with Crippen molar-refractivity contribution in [1.29, 1.82) is 0 Å². The van der Waals surface area contributed by atoms with E-state index in [1.807, 2.05) is 0 Å². The lowest BCUT2D eigenvalue weighted by molar-refractivity contribution is 0.366. The van der Waals surface area contributed by atoms with Gasteiger partial charge in [-0.1, -0.05) is 12.1 Å². The quantitative estimate of drug-likeness (QED) is 0.893. The molecule has 0 saturated heterocycles. The van der Waals surface area contributed by atoms with E-state index in [2.05, 4.69) is 4.98 Å². The summed E-state index contributed by atoms with van der Waals surface area (Å²) in [5.74, 6) is -0.672. The topological polar surface area (TPSA) is 75.1 Å². The number of H-pyrrole nitrogens is 1. The van der Waals surface area contributed by atoms with Gasteiger partial charge in [-0.05, 0) is 38.0 Å². The minimum absolute atomic E-state index is 0.0931. The van der Waals surface area contributed by atoms with Crippen LogP contribution in [0.15, 0.2) is 33.9 Å². The normalized spacial score (nSPS) is 12.3. The average Bonchev–Trinajstić information content (AvgIpc) is 2.39. The Bertz CT molecular complexity index is 732. The minimum atomic E-state index is -0.660. The van der Waals surface area contributed by atoms with E-state index in [-0.39, 0.29) is 23.3 Å². The van der Waals surface area contributed by atoms with Crippen molar-refractivity contribution in [2.45, 2.75) is 26.3 Å². The molecule has 0 radical (unpaired) electrons. The molecule has 106 valence electrons. The van der Waals surface area contributed by atoms with Crippen molar-refractivity contribution in [1.82, 2.24) is 9.55 Å². The summed E-state index contributed by atoms with van der Waals surface area (Å²) in [5.41, 5.74) is -0.338. The van der Waals surface area contributed by atoms with Crippen molar-refractivity contribution < 1.29 is 9.50 Å². The first-order valence-electron chi connectivity index (χ1n) is 6.19. The summed E-state index contributed by atoms with van der Waals surface area (Å²) in [5, 5.41) is 9.93. The van der Waals surface area contributed by atoms with Crippen LogP contribution in [-0.2, 0) is 6.42 Å². The van der Waals surface area contributed by atoms with Crippen molar-refractivity contribution >= 4 is 0 Å². The number of nitrogens with zero attached hydrogens (tertiary/aromatic N) is 1. The fourth-order valence-electron chi connectivity index (χ4n) is 2.09. The van der Waals surface area contributed by atoms with Crippen LogP contribution in [0.2, 0.25) is 0 Å². The van der Waals surface area contributed by atoms with Crippen molar-refractivity contribution in [3.8, 4) is 5.88 Å². The molecule has 0 aliphatic heterocycles. The Morgan fingerprint density at radius 3 is 2.50 bits per heavy atom. The van der Waals surface area contributed by atoms with Crippen molar-refractivity contribution in [3.63, 3.8) is 0 Å². The van der Waals surface area contributed by atoms with Gasteiger partial charge in [0.15, 0.2) is 0 Å². The van der Waals surface area contributed by atoms with Gasteiger partial charge in [0.25, 0.3) is 5.56 Å². The number of aromatic hydroxyl groups is 1. The van der Waals surface area contributed by atoms with Gasteiger partial charge in [0.05, 0.1) is 5.56 Å². The van der Waals surface area contributed by atoms with Gasteiger partial charge in [0.1, 0.15) is 5.82 Å². The zero-order chi connectivity index (χ0) is 14.9. The smallest absolute Gasteiger partial charge is 0.331 e. The molecule has 0 spiro atoms. The van der Waals surface area contributed by atoms with Crippen LogP contribution >= 0.6 is 0 Å². The van der Waals surface area contributed by atoms with Gasteiger partial charge in [0, 0.05) is 6.04 Å². The zero-order valence-corrected chi connectivity index (χ0v) is 11.2. The molecule has 1 heterocycles. The first-order chi connectivity index (χ1) is 9.40. The van der Waals surface area contributed by atoms with Crippen LogP contribution in [0.4, 0.5) is 4.39 Å². The van der Waals surface area contributed by atoms with Gasteiger partial charge >= 0.3 is 5.69 Å². The highest BCUT2D eigenvalue weighted by Crippen LogP contribution is 2.18. The van der Waals surface area contributed by atoms with E-state index >= 15 is 0 Å². The Hall–Kier alpha value is -2.37. The Morgan fingerprint density at radius 1 is 1.30 bits per heavy atom. The van der Waals surface area contributed by atoms with Crippen LogP contribution in [0.1, 0.15) is 24.1 Å². The van der Waals surface area contributed by atoms with Gasteiger partial charge in [0.2, 0.25) is 5.88 Å². The van der Waals surface area contributed by atoms with E-state index < -0.39 is 11.2 Å². The highest BCUT2D eigenvalue weighted by Gasteiger charge is 2.16. The summed E-state index contributed by atoms with van der Waals surface area (Å²) in [7, 11) is 0. The summed E-state index contributed by atoms with van der Waals surface area (Å²) in [6.45, 7) is 3.18. The molecule has 20 heavy (non-hydrogen) atoms. The number of aromatic nitrogens is 2. The number of nitrogens with one attached hydrogen (secondary N) is 1. The Kier molecular flexibility index (Phi) is 3.74. The second-order valence-corrected chi connectivity index (χ2v) is 4.76. The number of hydrogen-bond acceptors (Lipinski definition) is 3. The minimum Gasteiger partial charge on any atom is -0.494 e. The lowest BCUT2D eigenvalue weighted by atomic mass is 10.1. The maximum atomic E-state index is 12.8. The first-order valence-corrected chi connectivity index (χ1v) is 6.19. The van der Waals surface area contributed by atoms with E-state index in [9.17, 15) is 19.1 Å². The third-order valence-corrected chi connectivity index (χ3v) is 3.23. The molecule has 0 amide bonds. The van der Waals surface area contributed by atoms with E-state index in [1.54, 1.807) is 19.1 Å². The molecule has 0 aliphatic rings. The molecule has 0 saturated carbocycles. The second kappa shape index (κ2) is 5.32. The molecule has 2 N–H and O–H groups in total. The molecule has 1 unspecified atom stereocenters. The van der Waals surface area contributed by atoms with E-state index in [0.717, 1.165) is 10.1 Å². The molecule has 0 fully saturated rings. The van der Waals surface area contributed by atoms with E-state index in [0.29, 0.717) is 6.42 Å². The monoisotopic (exact) mass is 278 g/mol. The number of benzene rings is 1. The molecule has 1 aromatic carbocycles. The van der Waals surface area contributed by atoms with Gasteiger partial charge in [-0.25, -0.2) is 9.18 Å². The Balaban J connectivity index is 2.37. The third-order valence-electron chi connectivity index (χ3n) is 3.23. The third kappa shape index (κ3) is 2.64. The van der Waals surface area contributed by atoms with Gasteiger partial charge in [-0.3, -0.25) is 14.3 Å². The van der Waals surface area contributed by atoms with Gasteiger partial charge in [-0.2, -0.15) is 0 Å². The molecule has 6 heteroatoms. The zero-order valence-electron chi connectivity index (χ0n) is 11.2. The maximum absolute atomic E-state index is 12.8. The van der Waals surface area contributed by atoms with Crippen LogP contribution in [0, 0.1) is 12.7 Å². The molecule has 1 aromatic heterocycles. The Morgan fingerprint density at radius 2 is 1.90 bits per heavy atom. The van der Waals surface area contributed by atoms with Crippen LogP contribution in [-0.4, -0.2) is 14.7 Å². The average molecular weight is 278 g/mol. The van der Waals surface area contributed by atoms with Crippen LogP contribution < -0.4 is 11.2 Å². The molecule has 2 aromatic rings. The highest BCUT2D eigenvalue weighted by molar-refractivity contribution is 5.22. The number of hydrogen-bond donors (Lipinski definition) is 2. The Labute approximate surface area is 114 Å². The van der Waals surface area contributed by atoms with Gasteiger partial charge in [-0.15, -0.1) is 0 Å². The predicted molar refractivity (Wildman–Crippen MR) is 72.5 cm³/mol. The molecule has 1 atom stereocenters. The van der Waals surface area contributed by atoms with Crippen molar-refractivity contribution in [3.05, 3.63) is 62.0 Å². The lowest BCUT2D eigenvalue weighted by Gasteiger charge is -2.17. The maximum Gasteiger partial charge on any atom is 0.331 e. The van der Waals surface area contributed by atoms with E-state index in [4.69, 9.17) is 0 Å². The summed E-state index contributed by atoms with van der Waals surface area (Å²) in [4.78, 5) is 25.3. The summed E-state index contributed by atoms with van der Waals surface area (Å²) in [6.07, 6.45) is 0.430. The standard InChI is InChI=1S/C14H15FN2O3/c1-8(7-10-3-5-11(15)6-4-10)17-13(19)9(2)12(18)16-14(17)20/h3-6,8,19H,7H2,1-2H3,(H,16,18,20). The molecule has 2 rings (SSSR count). The molecular weight excluding hydrogens is 263 g/mol. The fourth-order valence-corrected chi connectivity index (χ4v) is 2.09. The van der Waals surface area contributed by atoms with Crippen LogP contribution in [0.3, 0.4) is 0 Å². The molecular formula is C14H15FN2O3. The predicted octanol–water partition coefficient (Wildman–Crippen LogP) is 1.49. The summed E-state index contributed by atoms with van der Waals surface area (Å²) < 4.78 is 14.0. The van der Waals surface area contributed by atoms with Crippen LogP contribution in [0.25, 0.3) is 0 Å². The number of halogens is 1. The second-order valence-electron chi connectivity index (χ2n) is 4.76. The SMILES string of the molecule is Cc1c(O)n(C(C)Cc2ccc(F)cc2)c(=O)[nH]c1=O. The fraction of sp³-hybridized carbons (Fsp3) is 0.286. The molecule has 0 bridgehead atoms. The van der Waals surface area contributed by atoms with E-state index in [1.165, 1.54) is 19.1 Å². The van der Waals surface area contributed by atoms with Crippen molar-refractivity contribution in [2.75, 3.05) is 0 Å². The lowest BCUT2D eigenvalue weighted by Crippen LogP contribution is -2.33. The number of aromatic amines is 1. The van der Waals surface area contributed by atoms with Gasteiger partial charge < -0.3 is 5.11 Å². The molecule has 0 aliphatic carbocycles. The first kappa shape index (κ1) is 14.0. The largest absolute Gasteiger partial charge is 0.494 e. The number of rotatable bonds is 3.